The van der Waals surface area contributed by atoms with Crippen molar-refractivity contribution in [1.82, 2.24) is 10.3 Å². The summed E-state index contributed by atoms with van der Waals surface area (Å²) in [5, 5.41) is 13.6. The molecule has 3 aromatic rings. The van der Waals surface area contributed by atoms with Crippen LogP contribution in [0.25, 0.3) is 22.4 Å². The quantitative estimate of drug-likeness (QED) is 0.358. The molecule has 0 saturated carbocycles. The molecule has 1 amide bonds. The van der Waals surface area contributed by atoms with Gasteiger partial charge in [0, 0.05) is 28.1 Å². The summed E-state index contributed by atoms with van der Waals surface area (Å²) < 4.78 is 46.8. The number of aromatic nitrogens is 1. The number of ether oxygens (including phenoxy) is 1. The summed E-state index contributed by atoms with van der Waals surface area (Å²) in [6.07, 6.45) is -4.22. The summed E-state index contributed by atoms with van der Waals surface area (Å²) in [7, 11) is 0. The van der Waals surface area contributed by atoms with Gasteiger partial charge in [-0.3, -0.25) is 4.79 Å². The van der Waals surface area contributed by atoms with Gasteiger partial charge < -0.3 is 15.2 Å². The molecule has 0 bridgehead atoms. The molecule has 0 saturated heterocycles. The molecule has 0 radical (unpaired) electrons. The number of aliphatic hydroxyl groups is 1. The van der Waals surface area contributed by atoms with Crippen molar-refractivity contribution >= 4 is 29.1 Å². The Balaban J connectivity index is 1.97. The van der Waals surface area contributed by atoms with Gasteiger partial charge in [0.05, 0.1) is 22.3 Å². The Morgan fingerprint density at radius 3 is 2.32 bits per heavy atom. The van der Waals surface area contributed by atoms with Crippen LogP contribution < -0.4 is 10.1 Å². The minimum Gasteiger partial charge on any atom is -0.471 e. The molecule has 4 rings (SSSR count). The summed E-state index contributed by atoms with van der Waals surface area (Å²) in [6.45, 7) is 6.38. The van der Waals surface area contributed by atoms with Crippen LogP contribution in [-0.4, -0.2) is 27.2 Å². The summed E-state index contributed by atoms with van der Waals surface area (Å²) in [5.74, 6) is -0.433. The monoisotopic (exact) mass is 552 g/mol. The molecule has 37 heavy (non-hydrogen) atoms. The third-order valence-corrected chi connectivity index (χ3v) is 6.61. The Kier molecular flexibility index (Phi) is 6.99. The number of carbonyl (C=O) groups is 1. The Hall–Kier alpha value is -2.81. The number of amides is 1. The molecule has 0 aliphatic carbocycles. The van der Waals surface area contributed by atoms with E-state index in [0.717, 1.165) is 12.1 Å². The molecule has 1 atom stereocenters. The third kappa shape index (κ3) is 5.87. The number of fused-ring (bicyclic) bond motifs is 1. The van der Waals surface area contributed by atoms with E-state index in [4.69, 9.17) is 27.9 Å². The predicted octanol–water partition coefficient (Wildman–Crippen LogP) is 7.23. The lowest BCUT2D eigenvalue weighted by atomic mass is 9.88. The second-order valence-electron chi connectivity index (χ2n) is 10.1. The van der Waals surface area contributed by atoms with Gasteiger partial charge >= 0.3 is 6.18 Å². The van der Waals surface area contributed by atoms with Crippen molar-refractivity contribution in [2.75, 3.05) is 0 Å². The Morgan fingerprint density at radius 1 is 1.08 bits per heavy atom. The summed E-state index contributed by atoms with van der Waals surface area (Å²) in [6, 6.07) is 10.9. The van der Waals surface area contributed by atoms with Gasteiger partial charge in [0.2, 0.25) is 5.88 Å². The fraction of sp³-hybridized carbons (Fsp3) is 0.333. The molecule has 1 aromatic heterocycles. The highest BCUT2D eigenvalue weighted by Gasteiger charge is 2.39. The van der Waals surface area contributed by atoms with Gasteiger partial charge in [-0.25, -0.2) is 4.98 Å². The van der Waals surface area contributed by atoms with Gasteiger partial charge in [-0.15, -0.1) is 0 Å². The number of hydrogen-bond donors (Lipinski definition) is 2. The van der Waals surface area contributed by atoms with Crippen LogP contribution in [0.2, 0.25) is 10.0 Å². The van der Waals surface area contributed by atoms with E-state index in [-0.39, 0.29) is 22.2 Å². The molecular weight excluding hydrogens is 528 g/mol. The number of nitrogens with one attached hydrogen (secondary N) is 1. The minimum atomic E-state index is -4.58. The van der Waals surface area contributed by atoms with Crippen LogP contribution in [0.15, 0.2) is 48.5 Å². The van der Waals surface area contributed by atoms with Crippen molar-refractivity contribution in [1.29, 1.82) is 0 Å². The van der Waals surface area contributed by atoms with Crippen molar-refractivity contribution in [2.24, 2.45) is 0 Å². The molecule has 2 aromatic carbocycles. The van der Waals surface area contributed by atoms with Gasteiger partial charge in [0.15, 0.2) is 0 Å². The molecule has 196 valence electrons. The molecule has 1 aliphatic rings. The first kappa shape index (κ1) is 27.2. The first-order chi connectivity index (χ1) is 17.0. The molecule has 2 N–H and O–H groups in total. The Morgan fingerprint density at radius 2 is 1.73 bits per heavy atom. The maximum Gasteiger partial charge on any atom is 0.416 e. The van der Waals surface area contributed by atoms with Crippen LogP contribution in [0.4, 0.5) is 13.2 Å². The zero-order chi connectivity index (χ0) is 27.3. The number of carbonyl (C=O) groups excluding carboxylic acids is 1. The van der Waals surface area contributed by atoms with Gasteiger partial charge in [0.25, 0.3) is 5.91 Å². The summed E-state index contributed by atoms with van der Waals surface area (Å²) >= 11 is 12.5. The second kappa shape index (κ2) is 9.49. The van der Waals surface area contributed by atoms with Crippen LogP contribution in [0.5, 0.6) is 5.88 Å². The van der Waals surface area contributed by atoms with Crippen molar-refractivity contribution < 1.29 is 27.8 Å². The van der Waals surface area contributed by atoms with E-state index in [1.54, 1.807) is 30.3 Å². The zero-order valence-corrected chi connectivity index (χ0v) is 22.0. The van der Waals surface area contributed by atoms with Crippen LogP contribution >= 0.6 is 23.2 Å². The van der Waals surface area contributed by atoms with E-state index in [2.05, 4.69) is 10.3 Å². The molecule has 1 unspecified atom stereocenters. The fourth-order valence-corrected chi connectivity index (χ4v) is 4.48. The van der Waals surface area contributed by atoms with Crippen LogP contribution in [0.1, 0.15) is 51.3 Å². The maximum absolute atomic E-state index is 13.6. The van der Waals surface area contributed by atoms with Gasteiger partial charge in [-0.05, 0) is 69.7 Å². The highest BCUT2D eigenvalue weighted by molar-refractivity contribution is 6.33. The van der Waals surface area contributed by atoms with E-state index in [1.165, 1.54) is 19.9 Å². The number of hydrogen-bond acceptors (Lipinski definition) is 4. The largest absolute Gasteiger partial charge is 0.471 e. The van der Waals surface area contributed by atoms with Crippen LogP contribution in [0, 0.1) is 0 Å². The number of rotatable bonds is 4. The highest BCUT2D eigenvalue weighted by atomic mass is 35.5. The van der Waals surface area contributed by atoms with E-state index < -0.39 is 34.9 Å². The Bertz CT molecular complexity index is 1350. The van der Waals surface area contributed by atoms with E-state index in [0.29, 0.717) is 28.1 Å². The van der Waals surface area contributed by atoms with Crippen molar-refractivity contribution in [3.8, 4) is 28.3 Å². The number of halogens is 5. The highest BCUT2D eigenvalue weighted by Crippen LogP contribution is 2.45. The number of nitrogens with zero attached hydrogens (tertiary/aromatic N) is 1. The zero-order valence-electron chi connectivity index (χ0n) is 20.5. The number of pyridine rings is 1. The van der Waals surface area contributed by atoms with E-state index in [9.17, 15) is 23.1 Å². The molecule has 1 aliphatic heterocycles. The minimum absolute atomic E-state index is 0.0771. The number of alkyl halides is 3. The van der Waals surface area contributed by atoms with Gasteiger partial charge in [0.1, 0.15) is 11.2 Å². The summed E-state index contributed by atoms with van der Waals surface area (Å²) in [4.78, 5) is 17.3. The lowest BCUT2D eigenvalue weighted by Crippen LogP contribution is -2.47. The smallest absolute Gasteiger partial charge is 0.416 e. The SMILES string of the molecule is CC1(C)CC(NC(=O)C(C)(C)O)c2cc(-c3ccc(Cl)cc3)c(-c3cc(C(F)(F)F)ccc3Cl)nc2O1. The first-order valence-corrected chi connectivity index (χ1v) is 12.2. The Labute approximate surface area is 222 Å². The average molecular weight is 553 g/mol. The molecule has 5 nitrogen and oxygen atoms in total. The van der Waals surface area contributed by atoms with Crippen LogP contribution in [0.3, 0.4) is 0 Å². The van der Waals surface area contributed by atoms with Gasteiger partial charge in [-0.1, -0.05) is 35.3 Å². The van der Waals surface area contributed by atoms with Crippen molar-refractivity contribution in [3.05, 3.63) is 69.7 Å². The summed E-state index contributed by atoms with van der Waals surface area (Å²) in [5.41, 5.74) is -1.38. The molecule has 10 heteroatoms. The first-order valence-electron chi connectivity index (χ1n) is 11.5. The molecular formula is C27H25Cl2F3N2O3. The van der Waals surface area contributed by atoms with Crippen LogP contribution in [-0.2, 0) is 11.0 Å². The molecule has 0 spiro atoms. The number of benzene rings is 2. The predicted molar refractivity (Wildman–Crippen MR) is 137 cm³/mol. The molecule has 0 fully saturated rings. The lowest BCUT2D eigenvalue weighted by molar-refractivity contribution is -0.138. The van der Waals surface area contributed by atoms with Gasteiger partial charge in [-0.2, -0.15) is 13.2 Å². The third-order valence-electron chi connectivity index (χ3n) is 6.02. The second-order valence-corrected chi connectivity index (χ2v) is 11.0. The topological polar surface area (TPSA) is 71.5 Å². The lowest BCUT2D eigenvalue weighted by Gasteiger charge is -2.38. The average Bonchev–Trinajstić information content (AvgIpc) is 2.77. The normalized spacial score (nSPS) is 17.1. The molecule has 2 heterocycles. The standard InChI is InChI=1S/C27H25Cl2F3N2O3/c1-25(2)13-21(33-24(35)26(3,4)36)19-12-17(14-5-8-16(28)9-6-14)22(34-23(19)37-25)18-11-15(27(30,31)32)7-10-20(18)29/h5-12,21,36H,13H2,1-4H3,(H,33,35). The maximum atomic E-state index is 13.6. The van der Waals surface area contributed by atoms with E-state index >= 15 is 0 Å². The van der Waals surface area contributed by atoms with Crippen molar-refractivity contribution in [3.63, 3.8) is 0 Å². The van der Waals surface area contributed by atoms with Crippen molar-refractivity contribution in [2.45, 2.75) is 57.5 Å². The fourth-order valence-electron chi connectivity index (χ4n) is 4.15. The van der Waals surface area contributed by atoms with E-state index in [1.807, 2.05) is 13.8 Å².